The van der Waals surface area contributed by atoms with Crippen molar-refractivity contribution in [1.82, 2.24) is 10.2 Å². The second kappa shape index (κ2) is 5.93. The maximum Gasteiger partial charge on any atom is 0.212 e. The van der Waals surface area contributed by atoms with Crippen LogP contribution in [0, 0.1) is 6.92 Å². The van der Waals surface area contributed by atoms with Gasteiger partial charge >= 0.3 is 0 Å². The van der Waals surface area contributed by atoms with E-state index in [0.29, 0.717) is 5.01 Å². The molecule has 1 aromatic carbocycles. The van der Waals surface area contributed by atoms with Crippen LogP contribution in [0.25, 0.3) is 0 Å². The first kappa shape index (κ1) is 14.2. The summed E-state index contributed by atoms with van der Waals surface area (Å²) in [6.07, 6.45) is -0.694. The SMILES string of the molecule is Cc1ccsc1C(O)c1nnc(N(C)c2ccccc2)s1. The lowest BCUT2D eigenvalue weighted by Crippen LogP contribution is -2.08. The normalized spacial score (nSPS) is 12.3. The topological polar surface area (TPSA) is 49.3 Å². The summed E-state index contributed by atoms with van der Waals surface area (Å²) < 4.78 is 0. The van der Waals surface area contributed by atoms with Gasteiger partial charge in [-0.15, -0.1) is 21.5 Å². The van der Waals surface area contributed by atoms with Gasteiger partial charge in [0, 0.05) is 17.6 Å². The Labute approximate surface area is 131 Å². The summed E-state index contributed by atoms with van der Waals surface area (Å²) in [6, 6.07) is 12.0. The lowest BCUT2D eigenvalue weighted by molar-refractivity contribution is 0.222. The van der Waals surface area contributed by atoms with Gasteiger partial charge in [0.05, 0.1) is 0 Å². The van der Waals surface area contributed by atoms with E-state index in [2.05, 4.69) is 10.2 Å². The number of hydrogen-bond acceptors (Lipinski definition) is 6. The molecule has 0 bridgehead atoms. The van der Waals surface area contributed by atoms with Crippen LogP contribution < -0.4 is 4.90 Å². The highest BCUT2D eigenvalue weighted by Crippen LogP contribution is 2.34. The van der Waals surface area contributed by atoms with E-state index in [9.17, 15) is 5.11 Å². The highest BCUT2D eigenvalue weighted by atomic mass is 32.1. The number of anilines is 2. The van der Waals surface area contributed by atoms with Crippen LogP contribution in [-0.2, 0) is 0 Å². The van der Waals surface area contributed by atoms with E-state index in [1.807, 2.05) is 60.6 Å². The average Bonchev–Trinajstić information content (AvgIpc) is 3.16. The van der Waals surface area contributed by atoms with Gasteiger partial charge in [-0.1, -0.05) is 29.5 Å². The molecule has 4 nitrogen and oxygen atoms in total. The van der Waals surface area contributed by atoms with E-state index < -0.39 is 6.10 Å². The van der Waals surface area contributed by atoms with Crippen molar-refractivity contribution in [3.63, 3.8) is 0 Å². The van der Waals surface area contributed by atoms with Crippen LogP contribution in [0.2, 0.25) is 0 Å². The van der Waals surface area contributed by atoms with Gasteiger partial charge < -0.3 is 10.0 Å². The molecule has 3 aromatic rings. The van der Waals surface area contributed by atoms with Gasteiger partial charge in [0.25, 0.3) is 0 Å². The van der Waals surface area contributed by atoms with Crippen molar-refractivity contribution in [3.05, 3.63) is 57.2 Å². The molecular formula is C15H15N3OS2. The molecule has 21 heavy (non-hydrogen) atoms. The third kappa shape index (κ3) is 2.83. The van der Waals surface area contributed by atoms with Crippen molar-refractivity contribution in [2.24, 2.45) is 0 Å². The maximum atomic E-state index is 10.4. The smallest absolute Gasteiger partial charge is 0.212 e. The number of thiophene rings is 1. The van der Waals surface area contributed by atoms with Crippen molar-refractivity contribution in [1.29, 1.82) is 0 Å². The van der Waals surface area contributed by atoms with E-state index >= 15 is 0 Å². The molecule has 0 saturated heterocycles. The number of benzene rings is 1. The highest BCUT2D eigenvalue weighted by molar-refractivity contribution is 7.15. The number of para-hydroxylation sites is 1. The minimum absolute atomic E-state index is 0.623. The Morgan fingerprint density at radius 1 is 1.14 bits per heavy atom. The minimum atomic E-state index is -0.694. The van der Waals surface area contributed by atoms with Crippen LogP contribution in [0.4, 0.5) is 10.8 Å². The van der Waals surface area contributed by atoms with Crippen LogP contribution in [-0.4, -0.2) is 22.4 Å². The Morgan fingerprint density at radius 2 is 1.90 bits per heavy atom. The van der Waals surface area contributed by atoms with Crippen LogP contribution in [0.15, 0.2) is 41.8 Å². The summed E-state index contributed by atoms with van der Waals surface area (Å²) in [5.74, 6) is 0. The molecule has 108 valence electrons. The van der Waals surface area contributed by atoms with E-state index in [4.69, 9.17) is 0 Å². The molecule has 0 aliphatic rings. The van der Waals surface area contributed by atoms with Crippen LogP contribution in [0.1, 0.15) is 21.6 Å². The highest BCUT2D eigenvalue weighted by Gasteiger charge is 2.20. The molecule has 2 aromatic heterocycles. The Morgan fingerprint density at radius 3 is 2.57 bits per heavy atom. The number of aliphatic hydroxyl groups excluding tert-OH is 1. The first-order valence-electron chi connectivity index (χ1n) is 6.51. The number of nitrogens with zero attached hydrogens (tertiary/aromatic N) is 3. The van der Waals surface area contributed by atoms with Gasteiger partial charge in [0.2, 0.25) is 5.13 Å². The monoisotopic (exact) mass is 317 g/mol. The predicted molar refractivity (Wildman–Crippen MR) is 87.5 cm³/mol. The molecule has 0 fully saturated rings. The predicted octanol–water partition coefficient (Wildman–Crippen LogP) is 3.76. The minimum Gasteiger partial charge on any atom is -0.380 e. The van der Waals surface area contributed by atoms with Crippen molar-refractivity contribution in [2.75, 3.05) is 11.9 Å². The Balaban J connectivity index is 1.85. The summed E-state index contributed by atoms with van der Waals surface area (Å²) in [5, 5.41) is 22.1. The molecule has 3 rings (SSSR count). The fourth-order valence-electron chi connectivity index (χ4n) is 2.01. The first-order valence-corrected chi connectivity index (χ1v) is 8.20. The molecular weight excluding hydrogens is 302 g/mol. The lowest BCUT2D eigenvalue weighted by atomic mass is 10.2. The van der Waals surface area contributed by atoms with E-state index in [-0.39, 0.29) is 0 Å². The Kier molecular flexibility index (Phi) is 4.01. The number of aryl methyl sites for hydroxylation is 1. The first-order chi connectivity index (χ1) is 10.2. The summed E-state index contributed by atoms with van der Waals surface area (Å²) in [6.45, 7) is 1.99. The molecule has 0 aliphatic carbocycles. The van der Waals surface area contributed by atoms with E-state index in [1.165, 1.54) is 11.3 Å². The zero-order chi connectivity index (χ0) is 14.8. The van der Waals surface area contributed by atoms with Gasteiger partial charge in [-0.2, -0.15) is 0 Å². The molecule has 2 heterocycles. The molecule has 1 unspecified atom stereocenters. The summed E-state index contributed by atoms with van der Waals surface area (Å²) in [5.41, 5.74) is 2.13. The van der Waals surface area contributed by atoms with Gasteiger partial charge in [0.1, 0.15) is 6.10 Å². The Hall–Kier alpha value is -1.76. The Bertz CT molecular complexity index is 723. The van der Waals surface area contributed by atoms with Crippen molar-refractivity contribution < 1.29 is 5.11 Å². The molecule has 0 saturated carbocycles. The average molecular weight is 317 g/mol. The summed E-state index contributed by atoms with van der Waals surface area (Å²) >= 11 is 2.95. The quantitative estimate of drug-likeness (QED) is 0.796. The summed E-state index contributed by atoms with van der Waals surface area (Å²) in [7, 11) is 1.95. The number of hydrogen-bond donors (Lipinski definition) is 1. The lowest BCUT2D eigenvalue weighted by Gasteiger charge is -2.14. The van der Waals surface area contributed by atoms with Crippen LogP contribution >= 0.6 is 22.7 Å². The van der Waals surface area contributed by atoms with Gasteiger partial charge in [0.15, 0.2) is 5.01 Å². The van der Waals surface area contributed by atoms with Gasteiger partial charge in [-0.25, -0.2) is 0 Å². The fourth-order valence-corrected chi connectivity index (χ4v) is 3.82. The third-order valence-corrected chi connectivity index (χ3v) is 5.37. The van der Waals surface area contributed by atoms with Gasteiger partial charge in [-0.05, 0) is 36.1 Å². The number of rotatable bonds is 4. The van der Waals surface area contributed by atoms with Gasteiger partial charge in [-0.3, -0.25) is 0 Å². The van der Waals surface area contributed by atoms with Crippen LogP contribution in [0.5, 0.6) is 0 Å². The van der Waals surface area contributed by atoms with Crippen LogP contribution in [0.3, 0.4) is 0 Å². The second-order valence-electron chi connectivity index (χ2n) is 4.69. The van der Waals surface area contributed by atoms with Crippen molar-refractivity contribution in [3.8, 4) is 0 Å². The molecule has 0 amide bonds. The molecule has 0 spiro atoms. The number of aromatic nitrogens is 2. The fraction of sp³-hybridized carbons (Fsp3) is 0.200. The largest absolute Gasteiger partial charge is 0.380 e. The maximum absolute atomic E-state index is 10.4. The van der Waals surface area contributed by atoms with Crippen molar-refractivity contribution >= 4 is 33.5 Å². The van der Waals surface area contributed by atoms with E-state index in [1.54, 1.807) is 11.3 Å². The standard InChI is InChI=1S/C15H15N3OS2/c1-10-8-9-20-13(10)12(19)14-16-17-15(21-14)18(2)11-6-4-3-5-7-11/h3-9,12,19H,1-2H3. The zero-order valence-electron chi connectivity index (χ0n) is 11.7. The number of aliphatic hydroxyl groups is 1. The third-order valence-electron chi connectivity index (χ3n) is 3.24. The molecule has 1 atom stereocenters. The molecule has 6 heteroatoms. The molecule has 1 N–H and O–H groups in total. The van der Waals surface area contributed by atoms with Crippen molar-refractivity contribution in [2.45, 2.75) is 13.0 Å². The molecule has 0 aliphatic heterocycles. The summed E-state index contributed by atoms with van der Waals surface area (Å²) in [4.78, 5) is 2.90. The second-order valence-corrected chi connectivity index (χ2v) is 6.62. The zero-order valence-corrected chi connectivity index (χ0v) is 13.4. The van der Waals surface area contributed by atoms with E-state index in [0.717, 1.165) is 21.3 Å². The molecule has 0 radical (unpaired) electrons.